The number of halogens is 3. The summed E-state index contributed by atoms with van der Waals surface area (Å²) in [6, 6.07) is 9.10. The highest BCUT2D eigenvalue weighted by atomic mass is 19.2. The first-order valence-electron chi connectivity index (χ1n) is 9.33. The smallest absolute Gasteiger partial charge is 0.244 e. The number of anilines is 1. The van der Waals surface area contributed by atoms with Crippen LogP contribution < -0.4 is 10.1 Å². The molecular formula is C21H21F3N2O3. The zero-order valence-electron chi connectivity index (χ0n) is 15.9. The van der Waals surface area contributed by atoms with Crippen LogP contribution in [0.25, 0.3) is 0 Å². The number of nitrogens with zero attached hydrogens (tertiary/aromatic N) is 1. The van der Waals surface area contributed by atoms with Crippen LogP contribution in [0.15, 0.2) is 36.4 Å². The Balaban J connectivity index is 1.67. The van der Waals surface area contributed by atoms with Crippen molar-refractivity contribution in [3.63, 3.8) is 0 Å². The molecule has 8 heteroatoms. The van der Waals surface area contributed by atoms with Crippen LogP contribution in [0.1, 0.15) is 18.9 Å². The molecule has 1 aliphatic rings. The van der Waals surface area contributed by atoms with Crippen LogP contribution in [-0.4, -0.2) is 36.4 Å². The molecule has 5 nitrogen and oxygen atoms in total. The second kappa shape index (κ2) is 8.98. The fraction of sp³-hybridized carbons (Fsp3) is 0.333. The van der Waals surface area contributed by atoms with E-state index in [-0.39, 0.29) is 19.1 Å². The standard InChI is InChI=1S/C21H21F3N2O3/c1-2-9-26(11-18(27)25-16-8-7-15(22)19(23)20(16)24)21(28)14-10-13-5-3-4-6-17(13)29-12-14/h3-8,14H,2,9-12H2,1H3,(H,25,27). The zero-order valence-corrected chi connectivity index (χ0v) is 15.9. The van der Waals surface area contributed by atoms with E-state index in [1.165, 1.54) is 4.90 Å². The minimum Gasteiger partial charge on any atom is -0.492 e. The van der Waals surface area contributed by atoms with Crippen molar-refractivity contribution in [3.8, 4) is 5.75 Å². The molecule has 1 heterocycles. The number of ether oxygens (including phenoxy) is 1. The van der Waals surface area contributed by atoms with E-state index < -0.39 is 35.0 Å². The van der Waals surface area contributed by atoms with Gasteiger partial charge in [0.25, 0.3) is 0 Å². The van der Waals surface area contributed by atoms with Crippen molar-refractivity contribution in [1.82, 2.24) is 4.90 Å². The third-order valence-electron chi connectivity index (χ3n) is 4.68. The lowest BCUT2D eigenvalue weighted by Crippen LogP contribution is -2.44. The summed E-state index contributed by atoms with van der Waals surface area (Å²) in [7, 11) is 0. The number of fused-ring (bicyclic) bond motifs is 1. The lowest BCUT2D eigenvalue weighted by molar-refractivity contribution is -0.139. The summed E-state index contributed by atoms with van der Waals surface area (Å²) in [5.41, 5.74) is 0.439. The Morgan fingerprint density at radius 1 is 1.14 bits per heavy atom. The number of rotatable bonds is 6. The third-order valence-corrected chi connectivity index (χ3v) is 4.68. The van der Waals surface area contributed by atoms with Crippen molar-refractivity contribution in [1.29, 1.82) is 0 Å². The molecule has 0 saturated carbocycles. The van der Waals surface area contributed by atoms with Gasteiger partial charge >= 0.3 is 0 Å². The lowest BCUT2D eigenvalue weighted by Gasteiger charge is -2.30. The van der Waals surface area contributed by atoms with Gasteiger partial charge in [0, 0.05) is 6.54 Å². The molecule has 29 heavy (non-hydrogen) atoms. The molecule has 0 fully saturated rings. The fourth-order valence-corrected chi connectivity index (χ4v) is 3.27. The molecule has 0 bridgehead atoms. The molecule has 2 aromatic carbocycles. The van der Waals surface area contributed by atoms with Crippen molar-refractivity contribution in [2.45, 2.75) is 19.8 Å². The maximum Gasteiger partial charge on any atom is 0.244 e. The highest BCUT2D eigenvalue weighted by molar-refractivity contribution is 5.95. The topological polar surface area (TPSA) is 58.6 Å². The van der Waals surface area contributed by atoms with E-state index in [0.29, 0.717) is 19.4 Å². The average molecular weight is 406 g/mol. The monoisotopic (exact) mass is 406 g/mol. The number of hydrogen-bond acceptors (Lipinski definition) is 3. The quantitative estimate of drug-likeness (QED) is 0.747. The van der Waals surface area contributed by atoms with E-state index in [0.717, 1.165) is 23.4 Å². The maximum atomic E-state index is 13.8. The lowest BCUT2D eigenvalue weighted by atomic mass is 9.95. The van der Waals surface area contributed by atoms with Crippen LogP contribution in [0.5, 0.6) is 5.75 Å². The summed E-state index contributed by atoms with van der Waals surface area (Å²) in [5, 5.41) is 2.19. The number of amides is 2. The Bertz CT molecular complexity index is 920. The molecular weight excluding hydrogens is 385 g/mol. The van der Waals surface area contributed by atoms with Crippen molar-refractivity contribution in [2.75, 3.05) is 25.0 Å². The zero-order chi connectivity index (χ0) is 21.0. The Morgan fingerprint density at radius 3 is 2.66 bits per heavy atom. The fourth-order valence-electron chi connectivity index (χ4n) is 3.27. The first kappa shape index (κ1) is 20.7. The average Bonchev–Trinajstić information content (AvgIpc) is 2.73. The molecule has 0 aromatic heterocycles. The van der Waals surface area contributed by atoms with Gasteiger partial charge in [0.15, 0.2) is 17.5 Å². The van der Waals surface area contributed by atoms with Gasteiger partial charge in [-0.2, -0.15) is 0 Å². The molecule has 0 radical (unpaired) electrons. The molecule has 2 aromatic rings. The number of hydrogen-bond donors (Lipinski definition) is 1. The highest BCUT2D eigenvalue weighted by Gasteiger charge is 2.30. The van der Waals surface area contributed by atoms with E-state index in [1.807, 2.05) is 31.2 Å². The minimum atomic E-state index is -1.66. The summed E-state index contributed by atoms with van der Waals surface area (Å²) in [6.45, 7) is 2.06. The summed E-state index contributed by atoms with van der Waals surface area (Å²) < 4.78 is 45.8. The van der Waals surface area contributed by atoms with Gasteiger partial charge in [-0.15, -0.1) is 0 Å². The van der Waals surface area contributed by atoms with Crippen molar-refractivity contribution in [3.05, 3.63) is 59.4 Å². The van der Waals surface area contributed by atoms with Crippen molar-refractivity contribution < 1.29 is 27.5 Å². The largest absolute Gasteiger partial charge is 0.492 e. The van der Waals surface area contributed by atoms with Crippen molar-refractivity contribution >= 4 is 17.5 Å². The number of carbonyl (C=O) groups excluding carboxylic acids is 2. The molecule has 1 unspecified atom stereocenters. The number of para-hydroxylation sites is 1. The molecule has 154 valence electrons. The van der Waals surface area contributed by atoms with E-state index in [9.17, 15) is 22.8 Å². The summed E-state index contributed by atoms with van der Waals surface area (Å²) in [6.07, 6.45) is 1.11. The molecule has 0 saturated heterocycles. The van der Waals surface area contributed by atoms with Crippen LogP contribution in [-0.2, 0) is 16.0 Å². The van der Waals surface area contributed by atoms with Gasteiger partial charge in [-0.1, -0.05) is 25.1 Å². The first-order chi connectivity index (χ1) is 13.9. The van der Waals surface area contributed by atoms with E-state index >= 15 is 0 Å². The van der Waals surface area contributed by atoms with Crippen LogP contribution in [0.4, 0.5) is 18.9 Å². The molecule has 1 aliphatic heterocycles. The van der Waals surface area contributed by atoms with Crippen LogP contribution in [0, 0.1) is 23.4 Å². The number of benzene rings is 2. The third kappa shape index (κ3) is 4.70. The normalized spacial score (nSPS) is 15.2. The second-order valence-electron chi connectivity index (χ2n) is 6.85. The molecule has 3 rings (SSSR count). The minimum absolute atomic E-state index is 0.204. The van der Waals surface area contributed by atoms with Crippen LogP contribution in [0.2, 0.25) is 0 Å². The van der Waals surface area contributed by atoms with E-state index in [2.05, 4.69) is 5.32 Å². The summed E-state index contributed by atoms with van der Waals surface area (Å²) in [4.78, 5) is 26.6. The van der Waals surface area contributed by atoms with Gasteiger partial charge in [0.1, 0.15) is 12.4 Å². The molecule has 0 spiro atoms. The van der Waals surface area contributed by atoms with Crippen molar-refractivity contribution in [2.24, 2.45) is 5.92 Å². The van der Waals surface area contributed by atoms with Gasteiger partial charge in [0.05, 0.1) is 18.2 Å². The molecule has 0 aliphatic carbocycles. The van der Waals surface area contributed by atoms with Gasteiger partial charge in [0.2, 0.25) is 11.8 Å². The van der Waals surface area contributed by atoms with Gasteiger partial charge < -0.3 is 15.0 Å². The Hall–Kier alpha value is -3.03. The van der Waals surface area contributed by atoms with Crippen LogP contribution in [0.3, 0.4) is 0 Å². The van der Waals surface area contributed by atoms with Gasteiger partial charge in [-0.3, -0.25) is 9.59 Å². The summed E-state index contributed by atoms with van der Waals surface area (Å²) >= 11 is 0. The predicted molar refractivity (Wildman–Crippen MR) is 101 cm³/mol. The number of carbonyl (C=O) groups is 2. The van der Waals surface area contributed by atoms with E-state index in [1.54, 1.807) is 0 Å². The van der Waals surface area contributed by atoms with Gasteiger partial charge in [-0.25, -0.2) is 13.2 Å². The molecule has 1 N–H and O–H groups in total. The molecule has 2 amide bonds. The highest BCUT2D eigenvalue weighted by Crippen LogP contribution is 2.28. The van der Waals surface area contributed by atoms with Crippen LogP contribution >= 0.6 is 0 Å². The number of nitrogens with one attached hydrogen (secondary N) is 1. The summed E-state index contributed by atoms with van der Waals surface area (Å²) in [5.74, 6) is -5.14. The van der Waals surface area contributed by atoms with Gasteiger partial charge in [-0.05, 0) is 36.6 Å². The molecule has 1 atom stereocenters. The Kier molecular flexibility index (Phi) is 6.41. The maximum absolute atomic E-state index is 13.8. The predicted octanol–water partition coefficient (Wildman–Crippen LogP) is 3.53. The first-order valence-corrected chi connectivity index (χ1v) is 9.33. The Morgan fingerprint density at radius 2 is 1.90 bits per heavy atom. The Labute approximate surface area is 166 Å². The van der Waals surface area contributed by atoms with E-state index in [4.69, 9.17) is 4.74 Å². The second-order valence-corrected chi connectivity index (χ2v) is 6.85. The SMILES string of the molecule is CCCN(CC(=O)Nc1ccc(F)c(F)c1F)C(=O)C1COc2ccccc2C1.